The Bertz CT molecular complexity index is 512. The van der Waals surface area contributed by atoms with Gasteiger partial charge in [0.05, 0.1) is 12.0 Å². The molecule has 112 valence electrons. The Kier molecular flexibility index (Phi) is 4.20. The number of hydrogen-bond donors (Lipinski definition) is 1. The van der Waals surface area contributed by atoms with E-state index in [-0.39, 0.29) is 23.8 Å². The van der Waals surface area contributed by atoms with Crippen LogP contribution in [0.5, 0.6) is 0 Å². The second kappa shape index (κ2) is 6.26. The highest BCUT2D eigenvalue weighted by Crippen LogP contribution is 2.22. The molecule has 3 rings (SSSR count). The fraction of sp³-hybridized carbons (Fsp3) is 0.500. The summed E-state index contributed by atoms with van der Waals surface area (Å²) in [6.45, 7) is 1.90. The van der Waals surface area contributed by atoms with Gasteiger partial charge in [-0.2, -0.15) is 0 Å². The van der Waals surface area contributed by atoms with Crippen molar-refractivity contribution in [3.05, 3.63) is 30.3 Å². The van der Waals surface area contributed by atoms with Crippen LogP contribution in [0.1, 0.15) is 19.3 Å². The summed E-state index contributed by atoms with van der Waals surface area (Å²) in [7, 11) is 0. The average molecular weight is 288 g/mol. The van der Waals surface area contributed by atoms with Gasteiger partial charge in [-0.05, 0) is 25.0 Å². The quantitative estimate of drug-likeness (QED) is 0.916. The van der Waals surface area contributed by atoms with E-state index in [1.54, 1.807) is 4.90 Å². The van der Waals surface area contributed by atoms with Gasteiger partial charge < -0.3 is 15.0 Å². The zero-order valence-electron chi connectivity index (χ0n) is 12.0. The number of benzene rings is 1. The van der Waals surface area contributed by atoms with Gasteiger partial charge in [0.2, 0.25) is 11.8 Å². The van der Waals surface area contributed by atoms with Crippen molar-refractivity contribution in [3.8, 4) is 0 Å². The molecule has 2 heterocycles. The summed E-state index contributed by atoms with van der Waals surface area (Å²) in [5.74, 6) is -0.290. The Balaban J connectivity index is 1.55. The number of rotatable bonds is 4. The van der Waals surface area contributed by atoms with Gasteiger partial charge in [0.15, 0.2) is 0 Å². The van der Waals surface area contributed by atoms with Crippen LogP contribution in [-0.4, -0.2) is 42.5 Å². The molecule has 1 N–H and O–H groups in total. The molecule has 0 saturated carbocycles. The van der Waals surface area contributed by atoms with Gasteiger partial charge in [0, 0.05) is 31.8 Å². The topological polar surface area (TPSA) is 58.6 Å². The number of nitrogens with zero attached hydrogens (tertiary/aromatic N) is 1. The van der Waals surface area contributed by atoms with E-state index in [0.717, 1.165) is 25.1 Å². The fourth-order valence-corrected chi connectivity index (χ4v) is 2.92. The first-order valence-electron chi connectivity index (χ1n) is 7.47. The van der Waals surface area contributed by atoms with Crippen LogP contribution in [0.25, 0.3) is 0 Å². The van der Waals surface area contributed by atoms with Gasteiger partial charge in [0.25, 0.3) is 0 Å². The molecule has 5 nitrogen and oxygen atoms in total. The number of carbonyl (C=O) groups is 2. The number of para-hydroxylation sites is 1. The van der Waals surface area contributed by atoms with E-state index in [2.05, 4.69) is 5.32 Å². The molecule has 0 aromatic heterocycles. The molecule has 2 amide bonds. The van der Waals surface area contributed by atoms with Crippen molar-refractivity contribution in [1.82, 2.24) is 4.90 Å². The molecule has 5 heteroatoms. The molecule has 0 aliphatic carbocycles. The zero-order chi connectivity index (χ0) is 14.7. The molecule has 0 bridgehead atoms. The maximum absolute atomic E-state index is 12.2. The molecule has 0 radical (unpaired) electrons. The Hall–Kier alpha value is -1.88. The molecule has 0 spiro atoms. The third-order valence-corrected chi connectivity index (χ3v) is 4.07. The molecule has 2 saturated heterocycles. The van der Waals surface area contributed by atoms with Gasteiger partial charge in [-0.1, -0.05) is 18.2 Å². The highest BCUT2D eigenvalue weighted by Gasteiger charge is 2.35. The number of likely N-dealkylation sites (tertiary alicyclic amines) is 1. The number of ether oxygens (including phenoxy) is 1. The predicted molar refractivity (Wildman–Crippen MR) is 78.7 cm³/mol. The van der Waals surface area contributed by atoms with Gasteiger partial charge >= 0.3 is 0 Å². The standard InChI is InChI=1S/C16H20N2O3/c19-15-9-12(10-18(15)11-14-7-4-8-21-14)16(20)17-13-5-2-1-3-6-13/h1-3,5-6,12,14H,4,7-11H2,(H,17,20). The van der Waals surface area contributed by atoms with Crippen molar-refractivity contribution in [2.24, 2.45) is 5.92 Å². The van der Waals surface area contributed by atoms with Crippen molar-refractivity contribution in [2.45, 2.75) is 25.4 Å². The van der Waals surface area contributed by atoms with E-state index in [1.165, 1.54) is 0 Å². The number of hydrogen-bond acceptors (Lipinski definition) is 3. The van der Waals surface area contributed by atoms with Crippen molar-refractivity contribution in [1.29, 1.82) is 0 Å². The minimum absolute atomic E-state index is 0.0544. The number of anilines is 1. The molecule has 1 aromatic carbocycles. The Morgan fingerprint density at radius 1 is 1.33 bits per heavy atom. The third-order valence-electron chi connectivity index (χ3n) is 4.07. The maximum Gasteiger partial charge on any atom is 0.229 e. The molecule has 2 fully saturated rings. The summed E-state index contributed by atoms with van der Waals surface area (Å²) in [6.07, 6.45) is 2.51. The van der Waals surface area contributed by atoms with Crippen molar-refractivity contribution >= 4 is 17.5 Å². The largest absolute Gasteiger partial charge is 0.376 e. The molecule has 21 heavy (non-hydrogen) atoms. The number of nitrogens with one attached hydrogen (secondary N) is 1. The fourth-order valence-electron chi connectivity index (χ4n) is 2.92. The van der Waals surface area contributed by atoms with E-state index < -0.39 is 0 Å². The molecular weight excluding hydrogens is 268 g/mol. The van der Waals surface area contributed by atoms with E-state index in [1.807, 2.05) is 30.3 Å². The molecule has 2 atom stereocenters. The summed E-state index contributed by atoms with van der Waals surface area (Å²) >= 11 is 0. The lowest BCUT2D eigenvalue weighted by Crippen LogP contribution is -2.34. The number of amides is 2. The van der Waals surface area contributed by atoms with Crippen molar-refractivity contribution < 1.29 is 14.3 Å². The lowest BCUT2D eigenvalue weighted by atomic mass is 10.1. The Morgan fingerprint density at radius 2 is 2.14 bits per heavy atom. The molecule has 2 unspecified atom stereocenters. The molecule has 2 aliphatic rings. The summed E-state index contributed by atoms with van der Waals surface area (Å²) in [6, 6.07) is 9.34. The summed E-state index contributed by atoms with van der Waals surface area (Å²) in [4.78, 5) is 26.0. The van der Waals surface area contributed by atoms with Gasteiger partial charge in [-0.3, -0.25) is 9.59 Å². The molecule has 2 aliphatic heterocycles. The van der Waals surface area contributed by atoms with Crippen LogP contribution < -0.4 is 5.32 Å². The van der Waals surface area contributed by atoms with Crippen LogP contribution >= 0.6 is 0 Å². The van der Waals surface area contributed by atoms with Gasteiger partial charge in [-0.15, -0.1) is 0 Å². The highest BCUT2D eigenvalue weighted by atomic mass is 16.5. The van der Waals surface area contributed by atoms with E-state index in [4.69, 9.17) is 4.74 Å². The van der Waals surface area contributed by atoms with Crippen molar-refractivity contribution in [3.63, 3.8) is 0 Å². The lowest BCUT2D eigenvalue weighted by molar-refractivity contribution is -0.129. The first kappa shape index (κ1) is 14.1. The van der Waals surface area contributed by atoms with Gasteiger partial charge in [0.1, 0.15) is 0 Å². The maximum atomic E-state index is 12.2. The van der Waals surface area contributed by atoms with Crippen molar-refractivity contribution in [2.75, 3.05) is 25.0 Å². The Morgan fingerprint density at radius 3 is 2.86 bits per heavy atom. The smallest absolute Gasteiger partial charge is 0.229 e. The molecule has 1 aromatic rings. The first-order valence-corrected chi connectivity index (χ1v) is 7.47. The second-order valence-electron chi connectivity index (χ2n) is 5.69. The van der Waals surface area contributed by atoms with Crippen LogP contribution in [-0.2, 0) is 14.3 Å². The predicted octanol–water partition coefficient (Wildman–Crippen LogP) is 1.65. The zero-order valence-corrected chi connectivity index (χ0v) is 12.0. The van der Waals surface area contributed by atoms with Crippen LogP contribution in [0.2, 0.25) is 0 Å². The van der Waals surface area contributed by atoms with Gasteiger partial charge in [-0.25, -0.2) is 0 Å². The summed E-state index contributed by atoms with van der Waals surface area (Å²) in [5, 5.41) is 2.87. The SMILES string of the molecule is O=C(Nc1ccccc1)C1CC(=O)N(CC2CCCO2)C1. The van der Waals surface area contributed by atoms with Crippen LogP contribution in [0.3, 0.4) is 0 Å². The van der Waals surface area contributed by atoms with Crippen LogP contribution in [0, 0.1) is 5.92 Å². The van der Waals surface area contributed by atoms with E-state index >= 15 is 0 Å². The highest BCUT2D eigenvalue weighted by molar-refractivity contribution is 5.97. The van der Waals surface area contributed by atoms with Crippen LogP contribution in [0.4, 0.5) is 5.69 Å². The van der Waals surface area contributed by atoms with E-state index in [0.29, 0.717) is 19.5 Å². The summed E-state index contributed by atoms with van der Waals surface area (Å²) in [5.41, 5.74) is 0.771. The lowest BCUT2D eigenvalue weighted by Gasteiger charge is -2.20. The van der Waals surface area contributed by atoms with Crippen LogP contribution in [0.15, 0.2) is 30.3 Å². The third kappa shape index (κ3) is 3.42. The minimum Gasteiger partial charge on any atom is -0.376 e. The second-order valence-corrected chi connectivity index (χ2v) is 5.69. The Labute approximate surface area is 124 Å². The van der Waals surface area contributed by atoms with E-state index in [9.17, 15) is 9.59 Å². The number of carbonyl (C=O) groups excluding carboxylic acids is 2. The molecular formula is C16H20N2O3. The summed E-state index contributed by atoms with van der Waals surface area (Å²) < 4.78 is 5.56. The minimum atomic E-state index is -0.265. The monoisotopic (exact) mass is 288 g/mol. The first-order chi connectivity index (χ1) is 10.2. The normalized spacial score (nSPS) is 25.3. The average Bonchev–Trinajstić information content (AvgIpc) is 3.11.